The van der Waals surface area contributed by atoms with E-state index in [2.05, 4.69) is 5.32 Å². The van der Waals surface area contributed by atoms with Crippen molar-refractivity contribution in [3.05, 3.63) is 0 Å². The summed E-state index contributed by atoms with van der Waals surface area (Å²) in [6, 6.07) is 0. The monoisotopic (exact) mass is 222 g/mol. The minimum atomic E-state index is -3.14. The molecule has 2 aliphatic heterocycles. The Hall–Kier alpha value is -0.200. The maximum absolute atomic E-state index is 12.8. The highest BCUT2D eigenvalue weighted by Gasteiger charge is 2.37. The molecule has 2 aliphatic rings. The predicted molar refractivity (Wildman–Crippen MR) is 51.3 cm³/mol. The van der Waals surface area contributed by atoms with Crippen LogP contribution < -0.4 is 5.32 Å². The summed E-state index contributed by atoms with van der Waals surface area (Å²) in [6.07, 6.45) is -0.125. The second-order valence-corrected chi connectivity index (χ2v) is 6.11. The zero-order valence-electron chi connectivity index (χ0n) is 7.95. The fraction of sp³-hybridized carbons (Fsp3) is 1.00. The lowest BCUT2D eigenvalue weighted by atomic mass is 10.1. The molecule has 0 spiro atoms. The molecule has 6 heteroatoms. The minimum absolute atomic E-state index is 0.279. The van der Waals surface area contributed by atoms with Gasteiger partial charge < -0.3 is 5.32 Å². The van der Waals surface area contributed by atoms with Gasteiger partial charge >= 0.3 is 0 Å². The lowest BCUT2D eigenvalue weighted by Crippen LogP contribution is -2.57. The summed E-state index contributed by atoms with van der Waals surface area (Å²) in [5.41, 5.74) is 0. The standard InChI is InChI=1S/C8H15FN2O2S/c9-7-1-3-11(4-2-7)14(12,13)8-5-10-6-8/h7-8,10H,1-6H2. The van der Waals surface area contributed by atoms with E-state index in [1.54, 1.807) is 0 Å². The molecule has 82 valence electrons. The van der Waals surface area contributed by atoms with Crippen LogP contribution in [0.5, 0.6) is 0 Å². The number of sulfonamides is 1. The van der Waals surface area contributed by atoms with E-state index in [0.29, 0.717) is 39.0 Å². The van der Waals surface area contributed by atoms with Crippen LogP contribution in [0.15, 0.2) is 0 Å². The molecule has 2 rings (SSSR count). The summed E-state index contributed by atoms with van der Waals surface area (Å²) in [6.45, 7) is 1.77. The Morgan fingerprint density at radius 2 is 1.79 bits per heavy atom. The fourth-order valence-electron chi connectivity index (χ4n) is 1.76. The molecule has 0 radical (unpaired) electrons. The summed E-state index contributed by atoms with van der Waals surface area (Å²) in [5, 5.41) is 2.66. The van der Waals surface area contributed by atoms with E-state index in [1.165, 1.54) is 4.31 Å². The first kappa shape index (κ1) is 10.3. The first-order valence-corrected chi connectivity index (χ1v) is 6.45. The van der Waals surface area contributed by atoms with E-state index >= 15 is 0 Å². The number of alkyl halides is 1. The van der Waals surface area contributed by atoms with Gasteiger partial charge in [-0.2, -0.15) is 0 Å². The Labute approximate surface area is 83.5 Å². The van der Waals surface area contributed by atoms with Crippen LogP contribution >= 0.6 is 0 Å². The quantitative estimate of drug-likeness (QED) is 0.699. The van der Waals surface area contributed by atoms with Gasteiger partial charge in [-0.3, -0.25) is 0 Å². The van der Waals surface area contributed by atoms with Crippen molar-refractivity contribution in [1.82, 2.24) is 9.62 Å². The number of hydrogen-bond donors (Lipinski definition) is 1. The minimum Gasteiger partial charge on any atom is -0.314 e. The van der Waals surface area contributed by atoms with Crippen molar-refractivity contribution in [2.45, 2.75) is 24.3 Å². The van der Waals surface area contributed by atoms with Gasteiger partial charge in [0.1, 0.15) is 11.4 Å². The van der Waals surface area contributed by atoms with E-state index in [-0.39, 0.29) is 5.25 Å². The fourth-order valence-corrected chi connectivity index (χ4v) is 3.56. The maximum Gasteiger partial charge on any atom is 0.219 e. The zero-order chi connectivity index (χ0) is 10.2. The first-order valence-electron chi connectivity index (χ1n) is 4.94. The third kappa shape index (κ3) is 1.78. The van der Waals surface area contributed by atoms with Crippen LogP contribution in [-0.4, -0.2) is 50.3 Å². The van der Waals surface area contributed by atoms with Crippen LogP contribution in [0.3, 0.4) is 0 Å². The molecule has 2 saturated heterocycles. The number of rotatable bonds is 2. The summed E-state index contributed by atoms with van der Waals surface area (Å²) >= 11 is 0. The van der Waals surface area contributed by atoms with E-state index in [0.717, 1.165) is 0 Å². The molecule has 0 aromatic heterocycles. The molecule has 2 heterocycles. The van der Waals surface area contributed by atoms with Gasteiger partial charge in [0.2, 0.25) is 10.0 Å². The Bertz CT molecular complexity index is 294. The number of hydrogen-bond acceptors (Lipinski definition) is 3. The zero-order valence-corrected chi connectivity index (χ0v) is 8.76. The molecule has 1 N–H and O–H groups in total. The third-order valence-electron chi connectivity index (χ3n) is 2.91. The van der Waals surface area contributed by atoms with Crippen molar-refractivity contribution < 1.29 is 12.8 Å². The van der Waals surface area contributed by atoms with Gasteiger partial charge in [0.15, 0.2) is 0 Å². The molecule has 0 saturated carbocycles. The molecule has 0 bridgehead atoms. The molecule has 0 aromatic rings. The Kier molecular flexibility index (Phi) is 2.77. The van der Waals surface area contributed by atoms with Crippen molar-refractivity contribution >= 4 is 10.0 Å². The van der Waals surface area contributed by atoms with Crippen molar-refractivity contribution in [2.24, 2.45) is 0 Å². The summed E-state index contributed by atoms with van der Waals surface area (Å²) in [7, 11) is -3.14. The molecule has 14 heavy (non-hydrogen) atoms. The van der Waals surface area contributed by atoms with E-state index in [1.807, 2.05) is 0 Å². The van der Waals surface area contributed by atoms with Crippen LogP contribution in [0.4, 0.5) is 4.39 Å². The SMILES string of the molecule is O=S(=O)(C1CNC1)N1CCC(F)CC1. The lowest BCUT2D eigenvalue weighted by Gasteiger charge is -2.35. The smallest absolute Gasteiger partial charge is 0.219 e. The second kappa shape index (κ2) is 3.75. The second-order valence-electron chi connectivity index (χ2n) is 3.90. The highest BCUT2D eigenvalue weighted by molar-refractivity contribution is 7.89. The van der Waals surface area contributed by atoms with Gasteiger partial charge in [-0.05, 0) is 12.8 Å². The van der Waals surface area contributed by atoms with Crippen LogP contribution in [0, 0.1) is 0 Å². The Morgan fingerprint density at radius 1 is 1.21 bits per heavy atom. The van der Waals surface area contributed by atoms with Crippen molar-refractivity contribution in [1.29, 1.82) is 0 Å². The lowest BCUT2D eigenvalue weighted by molar-refractivity contribution is 0.208. The van der Waals surface area contributed by atoms with Crippen LogP contribution in [0.1, 0.15) is 12.8 Å². The Morgan fingerprint density at radius 3 is 2.21 bits per heavy atom. The van der Waals surface area contributed by atoms with Gasteiger partial charge in [-0.1, -0.05) is 0 Å². The van der Waals surface area contributed by atoms with E-state index < -0.39 is 16.2 Å². The molecule has 0 amide bonds. The number of nitrogens with one attached hydrogen (secondary N) is 1. The molecule has 0 aromatic carbocycles. The first-order chi connectivity index (χ1) is 6.60. The number of piperidine rings is 1. The highest BCUT2D eigenvalue weighted by Crippen LogP contribution is 2.20. The summed E-state index contributed by atoms with van der Waals surface area (Å²) < 4.78 is 37.9. The third-order valence-corrected chi connectivity index (χ3v) is 5.17. The number of halogens is 1. The van der Waals surface area contributed by atoms with Crippen LogP contribution in [-0.2, 0) is 10.0 Å². The van der Waals surface area contributed by atoms with Gasteiger partial charge in [0.05, 0.1) is 0 Å². The van der Waals surface area contributed by atoms with Crippen LogP contribution in [0.2, 0.25) is 0 Å². The molecular weight excluding hydrogens is 207 g/mol. The van der Waals surface area contributed by atoms with Gasteiger partial charge in [-0.25, -0.2) is 17.1 Å². The van der Waals surface area contributed by atoms with E-state index in [9.17, 15) is 12.8 Å². The average molecular weight is 222 g/mol. The largest absolute Gasteiger partial charge is 0.314 e. The van der Waals surface area contributed by atoms with Crippen LogP contribution in [0.25, 0.3) is 0 Å². The van der Waals surface area contributed by atoms with Gasteiger partial charge in [0.25, 0.3) is 0 Å². The Balaban J connectivity index is 2.00. The van der Waals surface area contributed by atoms with E-state index in [4.69, 9.17) is 0 Å². The topological polar surface area (TPSA) is 49.4 Å². The van der Waals surface area contributed by atoms with Crippen molar-refractivity contribution in [2.75, 3.05) is 26.2 Å². The van der Waals surface area contributed by atoms with Crippen molar-refractivity contribution in [3.63, 3.8) is 0 Å². The molecule has 0 atom stereocenters. The normalized spacial score (nSPS) is 27.5. The summed E-state index contributed by atoms with van der Waals surface area (Å²) in [4.78, 5) is 0. The molecule has 0 aliphatic carbocycles. The predicted octanol–water partition coefficient (Wildman–Crippen LogP) is -0.278. The molecule has 0 unspecified atom stereocenters. The van der Waals surface area contributed by atoms with Gasteiger partial charge in [-0.15, -0.1) is 0 Å². The summed E-state index contributed by atoms with van der Waals surface area (Å²) in [5.74, 6) is 0. The number of nitrogens with zero attached hydrogens (tertiary/aromatic N) is 1. The molecule has 2 fully saturated rings. The maximum atomic E-state index is 12.8. The van der Waals surface area contributed by atoms with Gasteiger partial charge in [0, 0.05) is 26.2 Å². The molecule has 4 nitrogen and oxygen atoms in total. The average Bonchev–Trinajstić information content (AvgIpc) is 2.00. The highest BCUT2D eigenvalue weighted by atomic mass is 32.2. The molecular formula is C8H15FN2O2S. The van der Waals surface area contributed by atoms with Crippen molar-refractivity contribution in [3.8, 4) is 0 Å².